The minimum Gasteiger partial charge on any atom is -0.478 e. The molecule has 0 aliphatic rings. The molecular weight excluding hydrogens is 304 g/mol. The summed E-state index contributed by atoms with van der Waals surface area (Å²) in [5.74, 6) is 1.49. The van der Waals surface area contributed by atoms with E-state index in [4.69, 9.17) is 4.74 Å². The van der Waals surface area contributed by atoms with E-state index in [0.29, 0.717) is 19.0 Å². The lowest BCUT2D eigenvalue weighted by molar-refractivity contribution is 0.305. The van der Waals surface area contributed by atoms with E-state index >= 15 is 0 Å². The van der Waals surface area contributed by atoms with Crippen molar-refractivity contribution in [2.75, 3.05) is 20.7 Å². The van der Waals surface area contributed by atoms with Crippen molar-refractivity contribution in [1.29, 1.82) is 0 Å². The van der Waals surface area contributed by atoms with Crippen LogP contribution in [0.15, 0.2) is 35.7 Å². The fourth-order valence-corrected chi connectivity index (χ4v) is 2.28. The Morgan fingerprint density at radius 3 is 2.75 bits per heavy atom. The van der Waals surface area contributed by atoms with Crippen LogP contribution in [0.2, 0.25) is 0 Å². The maximum Gasteiger partial charge on any atom is 0.213 e. The average molecular weight is 330 g/mol. The van der Waals surface area contributed by atoms with Crippen LogP contribution in [0.1, 0.15) is 24.5 Å². The fourth-order valence-electron chi connectivity index (χ4n) is 2.28. The summed E-state index contributed by atoms with van der Waals surface area (Å²) in [5, 5.41) is 7.53. The molecule has 0 aromatic carbocycles. The molecule has 7 heteroatoms. The molecule has 24 heavy (non-hydrogen) atoms. The van der Waals surface area contributed by atoms with E-state index in [2.05, 4.69) is 32.2 Å². The zero-order chi connectivity index (χ0) is 17.4. The third-order valence-corrected chi connectivity index (χ3v) is 3.45. The van der Waals surface area contributed by atoms with Crippen LogP contribution in [0.4, 0.5) is 0 Å². The summed E-state index contributed by atoms with van der Waals surface area (Å²) >= 11 is 0. The first-order valence-corrected chi connectivity index (χ1v) is 8.09. The summed E-state index contributed by atoms with van der Waals surface area (Å²) in [5.41, 5.74) is 2.22. The Balaban J connectivity index is 1.86. The van der Waals surface area contributed by atoms with Crippen molar-refractivity contribution in [2.24, 2.45) is 12.0 Å². The van der Waals surface area contributed by atoms with Gasteiger partial charge in [-0.3, -0.25) is 9.67 Å². The molecule has 0 saturated carbocycles. The van der Waals surface area contributed by atoms with E-state index < -0.39 is 0 Å². The van der Waals surface area contributed by atoms with Gasteiger partial charge in [0.25, 0.3) is 0 Å². The average Bonchev–Trinajstić information content (AvgIpc) is 2.99. The number of aliphatic imine (C=N–C) groups is 1. The third kappa shape index (κ3) is 5.26. The summed E-state index contributed by atoms with van der Waals surface area (Å²) in [6, 6.07) is 3.91. The van der Waals surface area contributed by atoms with Gasteiger partial charge in [-0.25, -0.2) is 4.98 Å². The molecule has 0 amide bonds. The van der Waals surface area contributed by atoms with Crippen LogP contribution in [0.25, 0.3) is 0 Å². The van der Waals surface area contributed by atoms with Gasteiger partial charge in [0, 0.05) is 58.3 Å². The van der Waals surface area contributed by atoms with Gasteiger partial charge in [0.05, 0.1) is 12.8 Å². The first kappa shape index (κ1) is 17.8. The normalized spacial score (nSPS) is 11.4. The van der Waals surface area contributed by atoms with Crippen molar-refractivity contribution in [3.05, 3.63) is 41.9 Å². The number of rotatable bonds is 7. The number of nitrogens with zero attached hydrogens (tertiary/aromatic N) is 5. The molecule has 0 aliphatic heterocycles. The maximum absolute atomic E-state index is 5.49. The SMILES string of the molecule is CCCOc1ccc(CNC(=NC)N(C)Cc2cnn(C)c2)cn1. The van der Waals surface area contributed by atoms with Gasteiger partial charge in [-0.2, -0.15) is 5.10 Å². The Kier molecular flexibility index (Phi) is 6.60. The lowest BCUT2D eigenvalue weighted by atomic mass is 10.3. The van der Waals surface area contributed by atoms with Crippen molar-refractivity contribution < 1.29 is 4.74 Å². The standard InChI is InChI=1S/C17H26N6O/c1-5-8-24-16-7-6-14(9-19-16)10-20-17(18-2)22(3)12-15-11-21-23(4)13-15/h6-7,9,11,13H,5,8,10,12H2,1-4H3,(H,18,20). The quantitative estimate of drug-likeness (QED) is 0.619. The Morgan fingerprint density at radius 1 is 1.33 bits per heavy atom. The first-order chi connectivity index (χ1) is 11.6. The Labute approximate surface area is 143 Å². The van der Waals surface area contributed by atoms with Crippen molar-refractivity contribution in [2.45, 2.75) is 26.4 Å². The predicted molar refractivity (Wildman–Crippen MR) is 94.9 cm³/mol. The summed E-state index contributed by atoms with van der Waals surface area (Å²) in [6.07, 6.45) is 6.67. The molecule has 0 atom stereocenters. The zero-order valence-electron chi connectivity index (χ0n) is 14.9. The summed E-state index contributed by atoms with van der Waals surface area (Å²) in [7, 11) is 5.70. The number of aromatic nitrogens is 3. The number of nitrogens with one attached hydrogen (secondary N) is 1. The minimum atomic E-state index is 0.658. The van der Waals surface area contributed by atoms with Gasteiger partial charge in [-0.15, -0.1) is 0 Å². The maximum atomic E-state index is 5.49. The van der Waals surface area contributed by atoms with E-state index in [9.17, 15) is 0 Å². The highest BCUT2D eigenvalue weighted by atomic mass is 16.5. The number of pyridine rings is 1. The molecular formula is C17H26N6O. The lowest BCUT2D eigenvalue weighted by Gasteiger charge is -2.21. The van der Waals surface area contributed by atoms with E-state index in [-0.39, 0.29) is 0 Å². The monoisotopic (exact) mass is 330 g/mol. The molecule has 2 heterocycles. The highest BCUT2D eigenvalue weighted by Gasteiger charge is 2.08. The first-order valence-electron chi connectivity index (χ1n) is 8.09. The van der Waals surface area contributed by atoms with Crippen molar-refractivity contribution in [3.8, 4) is 5.88 Å². The zero-order valence-corrected chi connectivity index (χ0v) is 14.9. The molecule has 2 aromatic rings. The molecule has 130 valence electrons. The number of guanidine groups is 1. The van der Waals surface area contributed by atoms with Crippen LogP contribution in [0.3, 0.4) is 0 Å². The van der Waals surface area contributed by atoms with Crippen LogP contribution >= 0.6 is 0 Å². The molecule has 0 unspecified atom stereocenters. The van der Waals surface area contributed by atoms with Crippen LogP contribution in [0, 0.1) is 0 Å². The summed E-state index contributed by atoms with van der Waals surface area (Å²) in [6.45, 7) is 4.17. The minimum absolute atomic E-state index is 0.658. The molecule has 1 N–H and O–H groups in total. The molecule has 0 saturated heterocycles. The molecule has 0 spiro atoms. The Hall–Kier alpha value is -2.57. The number of hydrogen-bond donors (Lipinski definition) is 1. The summed E-state index contributed by atoms with van der Waals surface area (Å²) < 4.78 is 7.29. The summed E-state index contributed by atoms with van der Waals surface area (Å²) in [4.78, 5) is 10.7. The second-order valence-electron chi connectivity index (χ2n) is 5.63. The van der Waals surface area contributed by atoms with Gasteiger partial charge < -0.3 is 15.0 Å². The van der Waals surface area contributed by atoms with Crippen molar-refractivity contribution >= 4 is 5.96 Å². The van der Waals surface area contributed by atoms with Gasteiger partial charge in [0.1, 0.15) is 0 Å². The lowest BCUT2D eigenvalue weighted by Crippen LogP contribution is -2.38. The largest absolute Gasteiger partial charge is 0.478 e. The Bertz CT molecular complexity index is 649. The molecule has 0 aliphatic carbocycles. The van der Waals surface area contributed by atoms with E-state index in [1.54, 1.807) is 11.7 Å². The van der Waals surface area contributed by atoms with Gasteiger partial charge in [-0.1, -0.05) is 13.0 Å². The van der Waals surface area contributed by atoms with Crippen LogP contribution in [0.5, 0.6) is 5.88 Å². The Morgan fingerprint density at radius 2 is 2.17 bits per heavy atom. The van der Waals surface area contributed by atoms with Gasteiger partial charge in [0.2, 0.25) is 5.88 Å². The van der Waals surface area contributed by atoms with Crippen LogP contribution < -0.4 is 10.1 Å². The van der Waals surface area contributed by atoms with Crippen molar-refractivity contribution in [3.63, 3.8) is 0 Å². The van der Waals surface area contributed by atoms with Crippen LogP contribution in [-0.4, -0.2) is 46.3 Å². The second kappa shape index (κ2) is 8.90. The fraction of sp³-hybridized carbons (Fsp3) is 0.471. The second-order valence-corrected chi connectivity index (χ2v) is 5.63. The van der Waals surface area contributed by atoms with E-state index in [0.717, 1.165) is 30.1 Å². The smallest absolute Gasteiger partial charge is 0.213 e. The molecule has 2 aromatic heterocycles. The topological polar surface area (TPSA) is 67.6 Å². The van der Waals surface area contributed by atoms with Gasteiger partial charge in [-0.05, 0) is 12.0 Å². The number of ether oxygens (including phenoxy) is 1. The molecule has 0 bridgehead atoms. The number of aryl methyl sites for hydroxylation is 1. The van der Waals surface area contributed by atoms with E-state index in [1.807, 2.05) is 44.8 Å². The molecule has 0 radical (unpaired) electrons. The predicted octanol–water partition coefficient (Wildman–Crippen LogP) is 1.81. The van der Waals surface area contributed by atoms with Gasteiger partial charge >= 0.3 is 0 Å². The highest BCUT2D eigenvalue weighted by Crippen LogP contribution is 2.08. The highest BCUT2D eigenvalue weighted by molar-refractivity contribution is 5.79. The van der Waals surface area contributed by atoms with E-state index in [1.165, 1.54) is 0 Å². The van der Waals surface area contributed by atoms with Crippen molar-refractivity contribution in [1.82, 2.24) is 25.0 Å². The van der Waals surface area contributed by atoms with Crippen LogP contribution in [-0.2, 0) is 20.1 Å². The third-order valence-electron chi connectivity index (χ3n) is 3.45. The number of hydrogen-bond acceptors (Lipinski definition) is 4. The van der Waals surface area contributed by atoms with Gasteiger partial charge in [0.15, 0.2) is 5.96 Å². The molecule has 7 nitrogen and oxygen atoms in total. The molecule has 0 fully saturated rings. The molecule has 2 rings (SSSR count).